The lowest BCUT2D eigenvalue weighted by Gasteiger charge is -2.34. The van der Waals surface area contributed by atoms with Gasteiger partial charge in [0.2, 0.25) is 0 Å². The van der Waals surface area contributed by atoms with E-state index in [1.54, 1.807) is 18.3 Å². The Morgan fingerprint density at radius 1 is 1.23 bits per heavy atom. The number of rotatable bonds is 5. The first-order valence-electron chi connectivity index (χ1n) is 15.6. The summed E-state index contributed by atoms with van der Waals surface area (Å²) in [6.45, 7) is 6.11. The predicted octanol–water partition coefficient (Wildman–Crippen LogP) is 5.18. The molecule has 3 atom stereocenters. The third kappa shape index (κ3) is 4.39. The number of aromatic hydroxyl groups is 1. The number of halogens is 1. The van der Waals surface area contributed by atoms with Gasteiger partial charge in [-0.05, 0) is 69.2 Å². The summed E-state index contributed by atoms with van der Waals surface area (Å²) in [6, 6.07) is 9.52. The Morgan fingerprint density at radius 3 is 2.86 bits per heavy atom. The van der Waals surface area contributed by atoms with Crippen molar-refractivity contribution in [2.45, 2.75) is 56.7 Å². The van der Waals surface area contributed by atoms with Crippen LogP contribution in [-0.2, 0) is 0 Å². The number of anilines is 1. The number of benzene rings is 2. The van der Waals surface area contributed by atoms with E-state index in [-0.39, 0.29) is 28.5 Å². The molecule has 6 heterocycles. The maximum absolute atomic E-state index is 16.8. The number of nitrogens with zero attached hydrogens (tertiary/aromatic N) is 5. The zero-order chi connectivity index (χ0) is 30.0. The second-order valence-corrected chi connectivity index (χ2v) is 12.8. The Bertz CT molecular complexity index is 1870. The first kappa shape index (κ1) is 27.3. The molecule has 4 aromatic rings. The van der Waals surface area contributed by atoms with Gasteiger partial charge in [0.05, 0.1) is 10.9 Å². The minimum atomic E-state index is -0.592. The van der Waals surface area contributed by atoms with E-state index in [1.165, 1.54) is 11.6 Å². The number of fused-ring (bicyclic) bond motifs is 5. The first-order valence-corrected chi connectivity index (χ1v) is 15.6. The second-order valence-electron chi connectivity index (χ2n) is 12.8. The molecule has 8 rings (SSSR count). The molecule has 2 N–H and O–H groups in total. The maximum Gasteiger partial charge on any atom is 0.319 e. The molecule has 0 radical (unpaired) electrons. The topological polar surface area (TPSA) is 86.6 Å². The van der Waals surface area contributed by atoms with Crippen LogP contribution >= 0.6 is 0 Å². The fourth-order valence-electron chi connectivity index (χ4n) is 7.98. The van der Waals surface area contributed by atoms with Gasteiger partial charge in [0.1, 0.15) is 29.4 Å². The van der Waals surface area contributed by atoms with Gasteiger partial charge in [0.25, 0.3) is 0 Å². The van der Waals surface area contributed by atoms with E-state index in [1.807, 2.05) is 12.1 Å². The molecular formula is C35H35FN6O2. The van der Waals surface area contributed by atoms with Crippen molar-refractivity contribution in [1.29, 1.82) is 0 Å². The van der Waals surface area contributed by atoms with Crippen molar-refractivity contribution in [3.8, 4) is 35.4 Å². The standard InChI is InChI=1S/C35H35FN6O2/c1-3-21-15-35(11-6-12-42(35)17-21)20-44-34-39-32-28(33(40-34)41-18-24-9-10-25(19-41)38-24)16-37-31(30(32)36)27-14-26(43)13-23-8-5-7-22(4-2)29(23)27/h2-3,5,7-8,13-14,16,24-25,38,43H,6,9-12,15,17-20H2,1H3/b21-3-. The Balaban J connectivity index is 1.26. The summed E-state index contributed by atoms with van der Waals surface area (Å²) in [6.07, 6.45) is 15.1. The van der Waals surface area contributed by atoms with Gasteiger partial charge in [0.15, 0.2) is 5.82 Å². The minimum Gasteiger partial charge on any atom is -0.508 e. The Hall–Kier alpha value is -4.26. The molecule has 4 saturated heterocycles. The van der Waals surface area contributed by atoms with Gasteiger partial charge >= 0.3 is 6.01 Å². The quantitative estimate of drug-likeness (QED) is 0.243. The molecule has 3 unspecified atom stereocenters. The highest BCUT2D eigenvalue weighted by Gasteiger charge is 2.47. The smallest absolute Gasteiger partial charge is 0.319 e. The van der Waals surface area contributed by atoms with Crippen LogP contribution in [0.4, 0.5) is 10.2 Å². The van der Waals surface area contributed by atoms with Gasteiger partial charge in [-0.1, -0.05) is 29.7 Å². The second kappa shape index (κ2) is 10.4. The number of phenolic OH excluding ortho intramolecular Hbond substituents is 1. The molecule has 4 aliphatic rings. The predicted molar refractivity (Wildman–Crippen MR) is 169 cm³/mol. The maximum atomic E-state index is 16.8. The molecule has 2 aromatic carbocycles. The summed E-state index contributed by atoms with van der Waals surface area (Å²) < 4.78 is 23.2. The van der Waals surface area contributed by atoms with Crippen LogP contribution in [0.25, 0.3) is 32.9 Å². The third-order valence-electron chi connectivity index (χ3n) is 10.1. The van der Waals surface area contributed by atoms with E-state index < -0.39 is 5.82 Å². The molecule has 0 aliphatic carbocycles. The molecule has 2 aromatic heterocycles. The summed E-state index contributed by atoms with van der Waals surface area (Å²) in [7, 11) is 0. The van der Waals surface area contributed by atoms with Gasteiger partial charge in [-0.2, -0.15) is 9.97 Å². The molecule has 0 saturated carbocycles. The molecule has 2 bridgehead atoms. The van der Waals surface area contributed by atoms with Gasteiger partial charge in [-0.3, -0.25) is 9.88 Å². The molecule has 0 spiro atoms. The van der Waals surface area contributed by atoms with Gasteiger partial charge in [0, 0.05) is 54.4 Å². The fourth-order valence-corrected chi connectivity index (χ4v) is 7.98. The lowest BCUT2D eigenvalue weighted by atomic mass is 9.93. The minimum absolute atomic E-state index is 0.00379. The number of hydrogen-bond acceptors (Lipinski definition) is 8. The third-order valence-corrected chi connectivity index (χ3v) is 10.1. The number of pyridine rings is 1. The Kier molecular flexibility index (Phi) is 6.47. The van der Waals surface area contributed by atoms with Crippen molar-refractivity contribution in [2.24, 2.45) is 0 Å². The Morgan fingerprint density at radius 2 is 2.07 bits per heavy atom. The van der Waals surface area contributed by atoms with Gasteiger partial charge < -0.3 is 20.1 Å². The summed E-state index contributed by atoms with van der Waals surface area (Å²) in [4.78, 5) is 19.0. The van der Waals surface area contributed by atoms with Gasteiger partial charge in [-0.25, -0.2) is 4.39 Å². The highest BCUT2D eigenvalue weighted by Crippen LogP contribution is 2.42. The van der Waals surface area contributed by atoms with Crippen LogP contribution in [0, 0.1) is 18.2 Å². The molecule has 0 amide bonds. The van der Waals surface area contributed by atoms with E-state index in [4.69, 9.17) is 21.1 Å². The summed E-state index contributed by atoms with van der Waals surface area (Å²) >= 11 is 0. The SMILES string of the molecule is C#Cc1cccc2cc(O)cc(-c3ncc4c(N5CC6CCC(C5)N6)nc(OCC56CCCN5C/C(=C\C)C6)nc4c3F)c12. The van der Waals surface area contributed by atoms with Crippen LogP contribution in [0.3, 0.4) is 0 Å². The zero-order valence-electron chi connectivity index (χ0n) is 24.8. The summed E-state index contributed by atoms with van der Waals surface area (Å²) in [5.41, 5.74) is 2.59. The Labute approximate surface area is 256 Å². The molecular weight excluding hydrogens is 555 g/mol. The number of ether oxygens (including phenoxy) is 1. The highest BCUT2D eigenvalue weighted by atomic mass is 19.1. The molecule has 9 heteroatoms. The van der Waals surface area contributed by atoms with E-state index in [2.05, 4.69) is 39.0 Å². The number of allylic oxidation sites excluding steroid dienone is 1. The zero-order valence-corrected chi connectivity index (χ0v) is 24.8. The molecule has 4 aliphatic heterocycles. The summed E-state index contributed by atoms with van der Waals surface area (Å²) in [5.74, 6) is 2.76. The largest absolute Gasteiger partial charge is 0.508 e. The van der Waals surface area contributed by atoms with Crippen LogP contribution in [0.1, 0.15) is 44.6 Å². The van der Waals surface area contributed by atoms with E-state index in [9.17, 15) is 5.11 Å². The number of phenols is 1. The lowest BCUT2D eigenvalue weighted by Crippen LogP contribution is -2.51. The van der Waals surface area contributed by atoms with Crippen LogP contribution in [0.5, 0.6) is 11.8 Å². The van der Waals surface area contributed by atoms with Crippen molar-refractivity contribution in [2.75, 3.05) is 37.7 Å². The van der Waals surface area contributed by atoms with Crippen LogP contribution in [-0.4, -0.2) is 75.4 Å². The van der Waals surface area contributed by atoms with Crippen molar-refractivity contribution in [3.05, 3.63) is 59.6 Å². The number of piperazine rings is 1. The number of nitrogens with one attached hydrogen (secondary N) is 1. The molecule has 4 fully saturated rings. The highest BCUT2D eigenvalue weighted by molar-refractivity contribution is 6.02. The summed E-state index contributed by atoms with van der Waals surface area (Å²) in [5, 5.41) is 16.1. The number of terminal acetylenes is 1. The monoisotopic (exact) mass is 590 g/mol. The number of hydrogen-bond donors (Lipinski definition) is 2. The van der Waals surface area contributed by atoms with E-state index >= 15 is 4.39 Å². The average Bonchev–Trinajstić information content (AvgIpc) is 3.70. The molecule has 8 nitrogen and oxygen atoms in total. The van der Waals surface area contributed by atoms with Crippen LogP contribution < -0.4 is 15.0 Å². The van der Waals surface area contributed by atoms with Crippen LogP contribution in [0.2, 0.25) is 0 Å². The average molecular weight is 591 g/mol. The van der Waals surface area contributed by atoms with E-state index in [0.29, 0.717) is 51.8 Å². The fraction of sp³-hybridized carbons (Fsp3) is 0.400. The van der Waals surface area contributed by atoms with Crippen molar-refractivity contribution in [1.82, 2.24) is 25.2 Å². The van der Waals surface area contributed by atoms with Gasteiger partial charge in [-0.15, -0.1) is 6.42 Å². The normalized spacial score (nSPS) is 25.7. The number of aromatic nitrogens is 3. The van der Waals surface area contributed by atoms with E-state index in [0.717, 1.165) is 58.3 Å². The first-order chi connectivity index (χ1) is 21.4. The molecule has 44 heavy (non-hydrogen) atoms. The van der Waals surface area contributed by atoms with Crippen molar-refractivity contribution >= 4 is 27.5 Å². The van der Waals surface area contributed by atoms with Crippen molar-refractivity contribution in [3.63, 3.8) is 0 Å². The van der Waals surface area contributed by atoms with Crippen LogP contribution in [0.15, 0.2) is 48.2 Å². The lowest BCUT2D eigenvalue weighted by molar-refractivity contribution is 0.108. The van der Waals surface area contributed by atoms with Crippen molar-refractivity contribution < 1.29 is 14.2 Å². The molecule has 224 valence electrons.